The second-order valence-corrected chi connectivity index (χ2v) is 11.8. The summed E-state index contributed by atoms with van der Waals surface area (Å²) in [4.78, 5) is 31.7. The van der Waals surface area contributed by atoms with Gasteiger partial charge in [0.1, 0.15) is 11.4 Å². The molecule has 3 heterocycles. The van der Waals surface area contributed by atoms with Gasteiger partial charge >= 0.3 is 0 Å². The molecule has 0 spiro atoms. The van der Waals surface area contributed by atoms with Crippen LogP contribution in [0.2, 0.25) is 0 Å². The Morgan fingerprint density at radius 2 is 1.55 bits per heavy atom. The summed E-state index contributed by atoms with van der Waals surface area (Å²) in [5, 5.41) is 2.93. The molecule has 1 amide bonds. The number of carbonyl (C=O) groups excluding carboxylic acids is 1. The van der Waals surface area contributed by atoms with Gasteiger partial charge in [0.2, 0.25) is 0 Å². The first-order valence-corrected chi connectivity index (χ1v) is 15.6. The van der Waals surface area contributed by atoms with Crippen LogP contribution < -0.4 is 26.1 Å². The van der Waals surface area contributed by atoms with Crippen LogP contribution in [0.25, 0.3) is 33.4 Å². The summed E-state index contributed by atoms with van der Waals surface area (Å²) in [6.07, 6.45) is 5.34. The Balaban J connectivity index is 1.26. The third-order valence-corrected chi connectivity index (χ3v) is 8.60. The molecule has 0 atom stereocenters. The van der Waals surface area contributed by atoms with E-state index in [2.05, 4.69) is 10.3 Å². The number of nitrogens with two attached hydrogens (primary N) is 1. The van der Waals surface area contributed by atoms with Crippen molar-refractivity contribution in [2.24, 2.45) is 5.92 Å². The lowest BCUT2D eigenvalue weighted by molar-refractivity contribution is 0.0609. The lowest BCUT2D eigenvalue weighted by Crippen LogP contribution is -2.32. The zero-order valence-electron chi connectivity index (χ0n) is 26.8. The molecule has 5 aromatic rings. The highest BCUT2D eigenvalue weighted by Gasteiger charge is 2.20. The van der Waals surface area contributed by atoms with Gasteiger partial charge in [-0.15, -0.1) is 0 Å². The SMILES string of the molecule is COc1ccc(-c2cnc(N)c(-c3ccc(NC(=O)c4cc(-c5ccc(C)cc5)cn(CC5CCOCC5)c4=O)cc3)c2)cc1OC. The maximum Gasteiger partial charge on any atom is 0.263 e. The summed E-state index contributed by atoms with van der Waals surface area (Å²) in [5.74, 6) is 1.48. The van der Waals surface area contributed by atoms with E-state index in [-0.39, 0.29) is 11.1 Å². The van der Waals surface area contributed by atoms with Gasteiger partial charge in [-0.25, -0.2) is 4.98 Å². The van der Waals surface area contributed by atoms with Crippen molar-refractivity contribution < 1.29 is 19.0 Å². The molecule has 240 valence electrons. The molecule has 1 aliphatic rings. The molecule has 0 saturated carbocycles. The predicted octanol–water partition coefficient (Wildman–Crippen LogP) is 6.83. The number of aromatic nitrogens is 2. The minimum atomic E-state index is -0.464. The number of aryl methyl sites for hydroxylation is 1. The first-order chi connectivity index (χ1) is 22.8. The number of amides is 1. The van der Waals surface area contributed by atoms with Crippen LogP contribution in [0.4, 0.5) is 11.5 Å². The van der Waals surface area contributed by atoms with E-state index in [9.17, 15) is 9.59 Å². The maximum absolute atomic E-state index is 13.6. The van der Waals surface area contributed by atoms with Crippen LogP contribution in [0.5, 0.6) is 11.5 Å². The Kier molecular flexibility index (Phi) is 9.35. The largest absolute Gasteiger partial charge is 0.493 e. The quantitative estimate of drug-likeness (QED) is 0.183. The first kappa shape index (κ1) is 31.6. The standard InChI is InChI=1S/C38H38N4O5/c1-24-4-6-26(7-5-24)30-19-33(38(44)42(23-30)22-25-14-16-47-17-15-25)37(43)41-31-11-8-27(9-12-31)32-18-29(21-40-36(32)39)28-10-13-34(45-2)35(20-28)46-3/h4-13,18-21,23,25H,14-17,22H2,1-3H3,(H2,39,40)(H,41,43). The van der Waals surface area contributed by atoms with Crippen LogP contribution in [0.3, 0.4) is 0 Å². The normalized spacial score (nSPS) is 13.3. The number of ether oxygens (including phenoxy) is 3. The van der Waals surface area contributed by atoms with Gasteiger partial charge in [0.05, 0.1) is 14.2 Å². The number of pyridine rings is 2. The Bertz CT molecular complexity index is 1950. The van der Waals surface area contributed by atoms with Crippen molar-refractivity contribution in [1.82, 2.24) is 9.55 Å². The van der Waals surface area contributed by atoms with E-state index in [0.29, 0.717) is 48.7 Å². The second-order valence-electron chi connectivity index (χ2n) is 11.8. The van der Waals surface area contributed by atoms with E-state index in [1.165, 1.54) is 0 Å². The van der Waals surface area contributed by atoms with Crippen molar-refractivity contribution in [2.45, 2.75) is 26.3 Å². The van der Waals surface area contributed by atoms with Crippen molar-refractivity contribution in [3.8, 4) is 44.9 Å². The molecule has 6 rings (SSSR count). The van der Waals surface area contributed by atoms with E-state index in [4.69, 9.17) is 19.9 Å². The van der Waals surface area contributed by atoms with E-state index in [0.717, 1.165) is 51.8 Å². The Labute approximate surface area is 274 Å². The fourth-order valence-electron chi connectivity index (χ4n) is 5.86. The number of carbonyl (C=O) groups is 1. The van der Waals surface area contributed by atoms with Gasteiger partial charge in [-0.3, -0.25) is 9.59 Å². The molecular formula is C38H38N4O5. The van der Waals surface area contributed by atoms with E-state index < -0.39 is 5.91 Å². The zero-order chi connectivity index (χ0) is 32.9. The number of anilines is 2. The molecular weight excluding hydrogens is 592 g/mol. The number of hydrogen-bond acceptors (Lipinski definition) is 7. The average Bonchev–Trinajstić information content (AvgIpc) is 3.10. The fraction of sp³-hybridized carbons (Fsp3) is 0.237. The predicted molar refractivity (Wildman–Crippen MR) is 185 cm³/mol. The molecule has 0 unspecified atom stereocenters. The van der Waals surface area contributed by atoms with Crippen LogP contribution in [-0.4, -0.2) is 42.9 Å². The zero-order valence-corrected chi connectivity index (χ0v) is 26.8. The summed E-state index contributed by atoms with van der Waals surface area (Å²) >= 11 is 0. The number of methoxy groups -OCH3 is 2. The van der Waals surface area contributed by atoms with Crippen molar-refractivity contribution in [3.63, 3.8) is 0 Å². The van der Waals surface area contributed by atoms with Gasteiger partial charge in [0.15, 0.2) is 11.5 Å². The molecule has 1 aliphatic heterocycles. The molecule has 47 heavy (non-hydrogen) atoms. The van der Waals surface area contributed by atoms with Crippen molar-refractivity contribution in [3.05, 3.63) is 113 Å². The smallest absolute Gasteiger partial charge is 0.263 e. The molecule has 0 bridgehead atoms. The molecule has 2 aromatic heterocycles. The van der Waals surface area contributed by atoms with Gasteiger partial charge < -0.3 is 29.8 Å². The Morgan fingerprint density at radius 1 is 0.872 bits per heavy atom. The molecule has 9 heteroatoms. The van der Waals surface area contributed by atoms with E-state index in [1.54, 1.807) is 43.2 Å². The molecule has 0 radical (unpaired) electrons. The summed E-state index contributed by atoms with van der Waals surface area (Å²) in [6.45, 7) is 3.93. The Hall–Kier alpha value is -5.41. The summed E-state index contributed by atoms with van der Waals surface area (Å²) in [6, 6.07) is 24.7. The summed E-state index contributed by atoms with van der Waals surface area (Å²) in [5.41, 5.74) is 12.9. The molecule has 1 fully saturated rings. The van der Waals surface area contributed by atoms with Crippen LogP contribution in [0.1, 0.15) is 28.8 Å². The topological polar surface area (TPSA) is 118 Å². The highest BCUT2D eigenvalue weighted by Crippen LogP contribution is 2.35. The van der Waals surface area contributed by atoms with Crippen LogP contribution in [-0.2, 0) is 11.3 Å². The van der Waals surface area contributed by atoms with Crippen molar-refractivity contribution in [2.75, 3.05) is 38.5 Å². The third-order valence-electron chi connectivity index (χ3n) is 8.60. The highest BCUT2D eigenvalue weighted by atomic mass is 16.5. The minimum absolute atomic E-state index is 0.0928. The summed E-state index contributed by atoms with van der Waals surface area (Å²) in [7, 11) is 3.19. The number of benzene rings is 3. The number of nitrogens with zero attached hydrogens (tertiary/aromatic N) is 2. The molecule has 1 saturated heterocycles. The van der Waals surface area contributed by atoms with Crippen LogP contribution in [0, 0.1) is 12.8 Å². The summed E-state index contributed by atoms with van der Waals surface area (Å²) < 4.78 is 18.0. The van der Waals surface area contributed by atoms with Crippen LogP contribution in [0.15, 0.2) is 96.1 Å². The van der Waals surface area contributed by atoms with Crippen LogP contribution >= 0.6 is 0 Å². The lowest BCUT2D eigenvalue weighted by atomic mass is 9.99. The van der Waals surface area contributed by atoms with Gasteiger partial charge in [0, 0.05) is 49.0 Å². The number of nitrogen functional groups attached to an aromatic ring is 1. The molecule has 0 aliphatic carbocycles. The number of nitrogens with one attached hydrogen (secondary N) is 1. The molecule has 3 aromatic carbocycles. The molecule has 3 N–H and O–H groups in total. The number of rotatable bonds is 9. The fourth-order valence-corrected chi connectivity index (χ4v) is 5.86. The minimum Gasteiger partial charge on any atom is -0.493 e. The van der Waals surface area contributed by atoms with Crippen molar-refractivity contribution in [1.29, 1.82) is 0 Å². The van der Waals surface area contributed by atoms with Crippen molar-refractivity contribution >= 4 is 17.4 Å². The second kappa shape index (κ2) is 13.9. The van der Waals surface area contributed by atoms with E-state index >= 15 is 0 Å². The third kappa shape index (κ3) is 7.05. The lowest BCUT2D eigenvalue weighted by Gasteiger charge is -2.23. The van der Waals surface area contributed by atoms with Gasteiger partial charge in [-0.2, -0.15) is 0 Å². The number of hydrogen-bond donors (Lipinski definition) is 2. The highest BCUT2D eigenvalue weighted by molar-refractivity contribution is 6.04. The van der Waals surface area contributed by atoms with Gasteiger partial charge in [-0.1, -0.05) is 48.0 Å². The maximum atomic E-state index is 13.6. The first-order valence-electron chi connectivity index (χ1n) is 15.6. The average molecular weight is 631 g/mol. The van der Waals surface area contributed by atoms with Gasteiger partial charge in [0.25, 0.3) is 11.5 Å². The van der Waals surface area contributed by atoms with Gasteiger partial charge in [-0.05, 0) is 84.3 Å². The molecule has 9 nitrogen and oxygen atoms in total. The van der Waals surface area contributed by atoms with E-state index in [1.807, 2.05) is 73.8 Å². The Morgan fingerprint density at radius 3 is 2.26 bits per heavy atom. The monoisotopic (exact) mass is 630 g/mol.